The third-order valence-electron chi connectivity index (χ3n) is 2.31. The Bertz CT molecular complexity index is 276. The quantitative estimate of drug-likeness (QED) is 0.186. The minimum absolute atomic E-state index is 0.631. The summed E-state index contributed by atoms with van der Waals surface area (Å²) in [6, 6.07) is 0. The molecule has 0 heterocycles. The number of unbranched alkanes of at least 4 members (excludes halogenated alkanes) is 2. The lowest BCUT2D eigenvalue weighted by molar-refractivity contribution is 0.129. The van der Waals surface area contributed by atoms with Gasteiger partial charge in [-0.1, -0.05) is 21.6 Å². The van der Waals surface area contributed by atoms with E-state index in [9.17, 15) is 0 Å². The highest BCUT2D eigenvalue weighted by atomic mass is 33.1. The average Bonchev–Trinajstić information content (AvgIpc) is 2.52. The van der Waals surface area contributed by atoms with Gasteiger partial charge in [0.2, 0.25) is 8.77 Å². The number of ether oxygens (including phenoxy) is 3. The highest BCUT2D eigenvalue weighted by Crippen LogP contribution is 2.25. The second-order valence-corrected chi connectivity index (χ2v) is 10.2. The molecule has 0 amide bonds. The van der Waals surface area contributed by atoms with Gasteiger partial charge in [0.05, 0.1) is 13.2 Å². The first-order chi connectivity index (χ1) is 11.2. The highest BCUT2D eigenvalue weighted by molar-refractivity contribution is 8.83. The first kappa shape index (κ1) is 24.1. The largest absolute Gasteiger partial charge is 0.478 e. The fourth-order valence-corrected chi connectivity index (χ4v) is 5.81. The second-order valence-electron chi connectivity index (χ2n) is 4.20. The van der Waals surface area contributed by atoms with Crippen molar-refractivity contribution < 1.29 is 14.2 Å². The molecule has 0 aromatic heterocycles. The van der Waals surface area contributed by atoms with Gasteiger partial charge in [-0.25, -0.2) is 0 Å². The summed E-state index contributed by atoms with van der Waals surface area (Å²) in [5, 5.41) is 0. The van der Waals surface area contributed by atoms with E-state index >= 15 is 0 Å². The van der Waals surface area contributed by atoms with Crippen molar-refractivity contribution in [1.29, 1.82) is 0 Å². The van der Waals surface area contributed by atoms with E-state index in [2.05, 4.69) is 0 Å². The van der Waals surface area contributed by atoms with E-state index in [0.717, 1.165) is 50.4 Å². The van der Waals surface area contributed by atoms with Crippen LogP contribution in [0.15, 0.2) is 0 Å². The zero-order chi connectivity index (χ0) is 17.2. The molecule has 0 saturated heterocycles. The molecule has 136 valence electrons. The van der Waals surface area contributed by atoms with Crippen molar-refractivity contribution in [2.45, 2.75) is 39.5 Å². The molecule has 0 atom stereocenters. The van der Waals surface area contributed by atoms with Crippen LogP contribution in [0, 0.1) is 0 Å². The Balaban J connectivity index is 3.11. The molecule has 0 unspecified atom stereocenters. The van der Waals surface area contributed by atoms with Gasteiger partial charge < -0.3 is 14.2 Å². The number of thiocarbonyl (C=S) groups is 2. The summed E-state index contributed by atoms with van der Waals surface area (Å²) in [7, 11) is 6.60. The van der Waals surface area contributed by atoms with Crippen LogP contribution in [0.3, 0.4) is 0 Å². The van der Waals surface area contributed by atoms with E-state index in [1.165, 1.54) is 0 Å². The molecule has 9 heteroatoms. The van der Waals surface area contributed by atoms with Crippen LogP contribution in [0.25, 0.3) is 0 Å². The molecule has 0 aliphatic rings. The Morgan fingerprint density at radius 3 is 1.57 bits per heavy atom. The number of hydrogen-bond donors (Lipinski definition) is 0. The van der Waals surface area contributed by atoms with Crippen molar-refractivity contribution in [1.82, 2.24) is 0 Å². The van der Waals surface area contributed by atoms with Gasteiger partial charge in [0.15, 0.2) is 0 Å². The molecule has 0 N–H and O–H groups in total. The summed E-state index contributed by atoms with van der Waals surface area (Å²) < 4.78 is 17.3. The van der Waals surface area contributed by atoms with Gasteiger partial charge in [0.25, 0.3) is 0 Å². The zero-order valence-corrected chi connectivity index (χ0v) is 18.6. The van der Waals surface area contributed by atoms with Crippen LogP contribution < -0.4 is 0 Å². The predicted molar refractivity (Wildman–Crippen MR) is 118 cm³/mol. The Morgan fingerprint density at radius 2 is 1.17 bits per heavy atom. The smallest absolute Gasteiger partial charge is 0.230 e. The predicted octanol–water partition coefficient (Wildman–Crippen LogP) is 5.97. The molecule has 0 aromatic rings. The van der Waals surface area contributed by atoms with Gasteiger partial charge in [-0.05, 0) is 85.6 Å². The third kappa shape index (κ3) is 19.3. The van der Waals surface area contributed by atoms with Gasteiger partial charge >= 0.3 is 0 Å². The maximum absolute atomic E-state index is 5.63. The van der Waals surface area contributed by atoms with Crippen LogP contribution in [-0.4, -0.2) is 46.7 Å². The minimum atomic E-state index is 0.631. The molecule has 0 aromatic carbocycles. The van der Waals surface area contributed by atoms with E-state index in [1.54, 1.807) is 43.2 Å². The maximum Gasteiger partial charge on any atom is 0.230 e. The zero-order valence-electron chi connectivity index (χ0n) is 13.7. The summed E-state index contributed by atoms with van der Waals surface area (Å²) in [6.07, 6.45) is 4.49. The fourth-order valence-electron chi connectivity index (χ4n) is 1.30. The summed E-state index contributed by atoms with van der Waals surface area (Å²) in [6.45, 7) is 6.88. The first-order valence-electron chi connectivity index (χ1n) is 7.70. The van der Waals surface area contributed by atoms with Gasteiger partial charge in [0, 0.05) is 24.7 Å². The van der Waals surface area contributed by atoms with Gasteiger partial charge in [0.1, 0.15) is 0 Å². The normalized spacial score (nSPS) is 10.5. The molecule has 0 aliphatic carbocycles. The summed E-state index contributed by atoms with van der Waals surface area (Å²) in [5.41, 5.74) is 0. The number of hydrogen-bond acceptors (Lipinski definition) is 9. The van der Waals surface area contributed by atoms with Crippen LogP contribution in [0.4, 0.5) is 0 Å². The molecule has 0 bridgehead atoms. The lowest BCUT2D eigenvalue weighted by Crippen LogP contribution is -1.98. The standard InChI is InChI=1S/C14H26O3S6/c1-3-16-13(18)22-20-11-7-5-9-15-10-6-8-12-21-23-14(19)17-4-2/h3-12H2,1-2H3. The molecular weight excluding hydrogens is 409 g/mol. The maximum atomic E-state index is 5.63. The Hall–Kier alpha value is 1.14. The lowest BCUT2D eigenvalue weighted by atomic mass is 10.3. The molecule has 23 heavy (non-hydrogen) atoms. The molecular formula is C14H26O3S6. The molecule has 0 saturated carbocycles. The highest BCUT2D eigenvalue weighted by Gasteiger charge is 1.99. The van der Waals surface area contributed by atoms with Crippen LogP contribution in [0.1, 0.15) is 39.5 Å². The van der Waals surface area contributed by atoms with Gasteiger partial charge in [-0.2, -0.15) is 0 Å². The van der Waals surface area contributed by atoms with Gasteiger partial charge in [-0.3, -0.25) is 0 Å². The van der Waals surface area contributed by atoms with E-state index in [1.807, 2.05) is 13.8 Å². The van der Waals surface area contributed by atoms with Crippen molar-refractivity contribution in [3.8, 4) is 0 Å². The van der Waals surface area contributed by atoms with Crippen LogP contribution in [0.5, 0.6) is 0 Å². The van der Waals surface area contributed by atoms with Crippen molar-refractivity contribution >= 4 is 76.4 Å². The van der Waals surface area contributed by atoms with Crippen molar-refractivity contribution in [2.24, 2.45) is 0 Å². The minimum Gasteiger partial charge on any atom is -0.478 e. The lowest BCUT2D eigenvalue weighted by Gasteiger charge is -2.05. The van der Waals surface area contributed by atoms with Crippen molar-refractivity contribution in [3.05, 3.63) is 0 Å². The second kappa shape index (κ2) is 19.5. The molecule has 3 nitrogen and oxygen atoms in total. The Morgan fingerprint density at radius 1 is 0.739 bits per heavy atom. The summed E-state index contributed by atoms with van der Waals surface area (Å²) >= 11 is 10.1. The molecule has 0 radical (unpaired) electrons. The fraction of sp³-hybridized carbons (Fsp3) is 0.857. The summed E-state index contributed by atoms with van der Waals surface area (Å²) in [5.74, 6) is 2.16. The van der Waals surface area contributed by atoms with Crippen molar-refractivity contribution in [3.63, 3.8) is 0 Å². The first-order valence-corrected chi connectivity index (χ1v) is 13.2. The van der Waals surface area contributed by atoms with Crippen LogP contribution in [-0.2, 0) is 14.2 Å². The SMILES string of the molecule is CCOC(=S)SSCCCCOCCCCSSC(=S)OCC. The van der Waals surface area contributed by atoms with E-state index < -0.39 is 0 Å². The molecule has 0 aliphatic heterocycles. The van der Waals surface area contributed by atoms with Crippen LogP contribution >= 0.6 is 67.6 Å². The van der Waals surface area contributed by atoms with Crippen LogP contribution in [0.2, 0.25) is 0 Å². The monoisotopic (exact) mass is 434 g/mol. The molecule has 0 fully saturated rings. The number of rotatable bonds is 14. The van der Waals surface area contributed by atoms with E-state index in [4.69, 9.17) is 38.6 Å². The van der Waals surface area contributed by atoms with Crippen molar-refractivity contribution in [2.75, 3.05) is 37.9 Å². The Labute approximate surface area is 167 Å². The van der Waals surface area contributed by atoms with E-state index in [0.29, 0.717) is 22.0 Å². The van der Waals surface area contributed by atoms with E-state index in [-0.39, 0.29) is 0 Å². The third-order valence-corrected chi connectivity index (χ3v) is 7.95. The molecule has 0 spiro atoms. The van der Waals surface area contributed by atoms with Gasteiger partial charge in [-0.15, -0.1) is 0 Å². The average molecular weight is 435 g/mol. The Kier molecular flexibility index (Phi) is 20.4. The molecule has 0 rings (SSSR count). The topological polar surface area (TPSA) is 27.7 Å². The summed E-state index contributed by atoms with van der Waals surface area (Å²) in [4.78, 5) is 0.